The van der Waals surface area contributed by atoms with E-state index < -0.39 is 0 Å². The Morgan fingerprint density at radius 2 is 1.81 bits per heavy atom. The largest absolute Gasteiger partial charge is 0.506 e. The maximum absolute atomic E-state index is 12.0. The molecule has 0 atom stereocenters. The topological polar surface area (TPSA) is 82.3 Å². The Labute approximate surface area is 122 Å². The van der Waals surface area contributed by atoms with Crippen molar-refractivity contribution in [2.75, 3.05) is 10.6 Å². The first kappa shape index (κ1) is 14.5. The van der Waals surface area contributed by atoms with E-state index in [1.165, 1.54) is 13.0 Å². The first-order valence-electron chi connectivity index (χ1n) is 6.40. The second-order valence-corrected chi connectivity index (χ2v) is 4.48. The summed E-state index contributed by atoms with van der Waals surface area (Å²) in [7, 11) is 0. The van der Waals surface area contributed by atoms with Gasteiger partial charge in [-0.15, -0.1) is 0 Å². The Bertz CT molecular complexity index is 656. The van der Waals surface area contributed by atoms with E-state index in [2.05, 4.69) is 10.6 Å². The van der Waals surface area contributed by atoms with Crippen molar-refractivity contribution in [2.24, 2.45) is 0 Å². The number of hydrogen-bond donors (Lipinski definition) is 3. The van der Waals surface area contributed by atoms with Crippen molar-refractivity contribution >= 4 is 23.2 Å². The van der Waals surface area contributed by atoms with Gasteiger partial charge in [-0.25, -0.2) is 0 Å². The monoisotopic (exact) mass is 286 g/mol. The molecule has 0 spiro atoms. The zero-order valence-electron chi connectivity index (χ0n) is 11.5. The predicted octanol–water partition coefficient (Wildman–Crippen LogP) is 1.28. The van der Waals surface area contributed by atoms with E-state index in [9.17, 15) is 14.7 Å². The van der Waals surface area contributed by atoms with E-state index >= 15 is 0 Å². The number of hydrogen-bond acceptors (Lipinski definition) is 3. The molecule has 0 bridgehead atoms. The summed E-state index contributed by atoms with van der Waals surface area (Å²) < 4.78 is 1.70. The third-order valence-corrected chi connectivity index (χ3v) is 2.72. The second kappa shape index (κ2) is 6.51. The molecule has 1 heterocycles. The average Bonchev–Trinajstić information content (AvgIpc) is 2.43. The zero-order valence-corrected chi connectivity index (χ0v) is 11.5. The first-order chi connectivity index (χ1) is 10.1. The minimum Gasteiger partial charge on any atom is -0.506 e. The van der Waals surface area contributed by atoms with E-state index in [-0.39, 0.29) is 29.8 Å². The minimum atomic E-state index is -0.306. The van der Waals surface area contributed by atoms with Crippen LogP contribution in [0.1, 0.15) is 6.92 Å². The highest BCUT2D eigenvalue weighted by atomic mass is 16.3. The lowest BCUT2D eigenvalue weighted by Crippen LogP contribution is -2.39. The molecule has 0 radical (unpaired) electrons. The molecular formula is C15H16N3O3+. The summed E-state index contributed by atoms with van der Waals surface area (Å²) in [4.78, 5) is 23.2. The van der Waals surface area contributed by atoms with Gasteiger partial charge in [0.2, 0.25) is 12.5 Å². The summed E-state index contributed by atoms with van der Waals surface area (Å²) in [6.45, 7) is 1.46. The average molecular weight is 286 g/mol. The molecule has 0 fully saturated rings. The SMILES string of the molecule is CC(=O)Nc1cccc(O)c1NC(=O)C[n+]1ccccc1. The van der Waals surface area contributed by atoms with Gasteiger partial charge in [-0.3, -0.25) is 9.59 Å². The van der Waals surface area contributed by atoms with Crippen LogP contribution in [0.2, 0.25) is 0 Å². The van der Waals surface area contributed by atoms with Gasteiger partial charge in [0.25, 0.3) is 5.91 Å². The van der Waals surface area contributed by atoms with Crippen molar-refractivity contribution in [1.82, 2.24) is 0 Å². The Hall–Kier alpha value is -2.89. The van der Waals surface area contributed by atoms with Crippen LogP contribution in [0, 0.1) is 0 Å². The van der Waals surface area contributed by atoms with E-state index in [0.717, 1.165) is 0 Å². The maximum Gasteiger partial charge on any atom is 0.290 e. The standard InChI is InChI=1S/C15H15N3O3/c1-11(19)16-12-6-5-7-13(20)15(12)17-14(21)10-18-8-3-2-4-9-18/h2-9H,10H2,1H3,(H2-,16,17,19,20,21)/p+1. The number of anilines is 2. The molecule has 3 N–H and O–H groups in total. The maximum atomic E-state index is 12.0. The molecule has 2 amide bonds. The van der Waals surface area contributed by atoms with Gasteiger partial charge < -0.3 is 15.7 Å². The molecule has 21 heavy (non-hydrogen) atoms. The fourth-order valence-corrected chi connectivity index (χ4v) is 1.85. The predicted molar refractivity (Wildman–Crippen MR) is 77.7 cm³/mol. The van der Waals surface area contributed by atoms with Gasteiger partial charge >= 0.3 is 0 Å². The third-order valence-electron chi connectivity index (χ3n) is 2.72. The lowest BCUT2D eigenvalue weighted by atomic mass is 10.2. The number of carbonyl (C=O) groups is 2. The molecule has 0 unspecified atom stereocenters. The lowest BCUT2D eigenvalue weighted by molar-refractivity contribution is -0.684. The summed E-state index contributed by atoms with van der Waals surface area (Å²) in [6, 6.07) is 10.1. The van der Waals surface area contributed by atoms with Crippen LogP contribution < -0.4 is 15.2 Å². The summed E-state index contributed by atoms with van der Waals surface area (Å²) in [5, 5.41) is 15.0. The number of phenols is 1. The number of nitrogens with one attached hydrogen (secondary N) is 2. The van der Waals surface area contributed by atoms with Crippen molar-refractivity contribution in [3.63, 3.8) is 0 Å². The third kappa shape index (κ3) is 4.04. The summed E-state index contributed by atoms with van der Waals surface area (Å²) in [5.74, 6) is -0.694. The molecule has 6 heteroatoms. The molecule has 6 nitrogen and oxygen atoms in total. The van der Waals surface area contributed by atoms with Gasteiger partial charge in [-0.05, 0) is 12.1 Å². The van der Waals surface area contributed by atoms with E-state index in [0.29, 0.717) is 5.69 Å². The fraction of sp³-hybridized carbons (Fsp3) is 0.133. The normalized spacial score (nSPS) is 9.95. The molecule has 2 aromatic rings. The summed E-state index contributed by atoms with van der Waals surface area (Å²) >= 11 is 0. The minimum absolute atomic E-state index is 0.104. The van der Waals surface area contributed by atoms with Gasteiger partial charge in [0.1, 0.15) is 11.4 Å². The molecule has 1 aromatic heterocycles. The summed E-state index contributed by atoms with van der Waals surface area (Å²) in [6.07, 6.45) is 3.53. The Kier molecular flexibility index (Phi) is 4.50. The van der Waals surface area contributed by atoms with Crippen molar-refractivity contribution in [2.45, 2.75) is 13.5 Å². The van der Waals surface area contributed by atoms with Gasteiger partial charge in [-0.2, -0.15) is 4.57 Å². The molecule has 108 valence electrons. The number of carbonyl (C=O) groups excluding carboxylic acids is 2. The first-order valence-corrected chi connectivity index (χ1v) is 6.40. The van der Waals surface area contributed by atoms with Gasteiger partial charge in [0.15, 0.2) is 12.4 Å². The number of aromatic nitrogens is 1. The lowest BCUT2D eigenvalue weighted by Gasteiger charge is -2.12. The molecule has 0 saturated heterocycles. The highest BCUT2D eigenvalue weighted by Gasteiger charge is 2.15. The number of amides is 2. The van der Waals surface area contributed by atoms with E-state index in [4.69, 9.17) is 0 Å². The van der Waals surface area contributed by atoms with Crippen LogP contribution >= 0.6 is 0 Å². The van der Waals surface area contributed by atoms with Crippen LogP contribution in [0.25, 0.3) is 0 Å². The molecule has 2 rings (SSSR count). The molecular weight excluding hydrogens is 270 g/mol. The van der Waals surface area contributed by atoms with Crippen LogP contribution in [-0.2, 0) is 16.1 Å². The number of benzene rings is 1. The Morgan fingerprint density at radius 1 is 1.10 bits per heavy atom. The van der Waals surface area contributed by atoms with Crippen LogP contribution in [0.5, 0.6) is 5.75 Å². The van der Waals surface area contributed by atoms with Gasteiger partial charge in [0, 0.05) is 19.1 Å². The van der Waals surface area contributed by atoms with E-state index in [1.807, 2.05) is 18.2 Å². The van der Waals surface area contributed by atoms with E-state index in [1.54, 1.807) is 29.1 Å². The zero-order chi connectivity index (χ0) is 15.2. The molecule has 0 aliphatic carbocycles. The number of aromatic hydroxyl groups is 1. The highest BCUT2D eigenvalue weighted by molar-refractivity contribution is 6.00. The molecule has 0 aliphatic rings. The molecule has 1 aromatic carbocycles. The molecule has 0 saturated carbocycles. The highest BCUT2D eigenvalue weighted by Crippen LogP contribution is 2.31. The Balaban J connectivity index is 2.15. The van der Waals surface area contributed by atoms with Crippen molar-refractivity contribution in [1.29, 1.82) is 0 Å². The number of phenolic OH excluding ortho intramolecular Hbond substituents is 1. The summed E-state index contributed by atoms with van der Waals surface area (Å²) in [5.41, 5.74) is 0.545. The number of rotatable bonds is 4. The van der Waals surface area contributed by atoms with Gasteiger partial charge in [0.05, 0.1) is 5.69 Å². The molecule has 0 aliphatic heterocycles. The number of nitrogens with zero attached hydrogens (tertiary/aromatic N) is 1. The number of para-hydroxylation sites is 1. The Morgan fingerprint density at radius 3 is 2.48 bits per heavy atom. The second-order valence-electron chi connectivity index (χ2n) is 4.48. The van der Waals surface area contributed by atoms with Crippen molar-refractivity contribution in [3.8, 4) is 5.75 Å². The number of pyridine rings is 1. The van der Waals surface area contributed by atoms with Crippen molar-refractivity contribution in [3.05, 3.63) is 48.8 Å². The van der Waals surface area contributed by atoms with Crippen LogP contribution in [0.3, 0.4) is 0 Å². The van der Waals surface area contributed by atoms with Gasteiger partial charge in [-0.1, -0.05) is 12.1 Å². The van der Waals surface area contributed by atoms with Crippen LogP contribution in [0.15, 0.2) is 48.8 Å². The smallest absolute Gasteiger partial charge is 0.290 e. The fourth-order valence-electron chi connectivity index (χ4n) is 1.85. The van der Waals surface area contributed by atoms with Crippen molar-refractivity contribution < 1.29 is 19.3 Å². The van der Waals surface area contributed by atoms with Crippen LogP contribution in [0.4, 0.5) is 11.4 Å². The van der Waals surface area contributed by atoms with Crippen LogP contribution in [-0.4, -0.2) is 16.9 Å². The quantitative estimate of drug-likeness (QED) is 0.585.